The van der Waals surface area contributed by atoms with Crippen LogP contribution in [0.15, 0.2) is 4.99 Å². The number of carbonyl (C=O) groups is 7. The zero-order valence-corrected chi connectivity index (χ0v) is 34.3. The van der Waals surface area contributed by atoms with Crippen molar-refractivity contribution in [2.75, 3.05) is 45.3 Å². The van der Waals surface area contributed by atoms with Crippen LogP contribution in [0.4, 0.5) is 0 Å². The molecule has 0 aliphatic carbocycles. The summed E-state index contributed by atoms with van der Waals surface area (Å²) in [7, 11) is 0. The highest BCUT2D eigenvalue weighted by atomic mass is 32.1. The number of rotatable bonds is 35. The Labute approximate surface area is 336 Å². The summed E-state index contributed by atoms with van der Waals surface area (Å²) in [4.78, 5) is 94.3. The van der Waals surface area contributed by atoms with Crippen molar-refractivity contribution in [3.05, 3.63) is 0 Å². The second-order valence-corrected chi connectivity index (χ2v) is 14.3. The zero-order valence-electron chi connectivity index (χ0n) is 33.4. The lowest BCUT2D eigenvalue weighted by atomic mass is 9.85. The van der Waals surface area contributed by atoms with Gasteiger partial charge in [-0.15, -0.1) is 0 Å². The van der Waals surface area contributed by atoms with Crippen LogP contribution in [0, 0.1) is 11.8 Å². The average Bonchev–Trinajstić information content (AvgIpc) is 3.14. The summed E-state index contributed by atoms with van der Waals surface area (Å²) >= 11 is 4.12. The van der Waals surface area contributed by atoms with Crippen molar-refractivity contribution in [2.24, 2.45) is 39.8 Å². The number of nitrogens with two attached hydrogens (primary N) is 4. The number of unbranched alkanes of at least 4 members (excludes halogenated alkanes) is 2. The summed E-state index contributed by atoms with van der Waals surface area (Å²) in [5.41, 5.74) is 22.5. The minimum absolute atomic E-state index is 0.0492. The van der Waals surface area contributed by atoms with E-state index in [9.17, 15) is 38.7 Å². The minimum atomic E-state index is -1.35. The normalized spacial score (nSPS) is 14.3. The maximum atomic E-state index is 13.6. The van der Waals surface area contributed by atoms with Gasteiger partial charge in [-0.3, -0.25) is 38.6 Å². The van der Waals surface area contributed by atoms with Crippen molar-refractivity contribution in [1.29, 1.82) is 0 Å². The number of carboxylic acid groups (broad SMARTS) is 1. The molecule has 0 fully saturated rings. The molecule has 0 aromatic carbocycles. The maximum Gasteiger partial charge on any atom is 0.304 e. The smallest absolute Gasteiger partial charge is 0.304 e. The van der Waals surface area contributed by atoms with Crippen molar-refractivity contribution in [3.63, 3.8) is 0 Å². The van der Waals surface area contributed by atoms with Gasteiger partial charge in [-0.25, -0.2) is 0 Å². The number of thiol groups is 1. The second kappa shape index (κ2) is 31.4. The summed E-state index contributed by atoms with van der Waals surface area (Å²) in [6.45, 7) is 7.31. The van der Waals surface area contributed by atoms with Crippen molar-refractivity contribution in [1.82, 2.24) is 16.0 Å². The van der Waals surface area contributed by atoms with Crippen LogP contribution < -0.4 is 38.9 Å². The van der Waals surface area contributed by atoms with E-state index in [2.05, 4.69) is 40.5 Å². The Morgan fingerprint density at radius 1 is 0.732 bits per heavy atom. The Kier molecular flexibility index (Phi) is 29.4. The maximum absolute atomic E-state index is 13.6. The van der Waals surface area contributed by atoms with Gasteiger partial charge >= 0.3 is 5.97 Å². The van der Waals surface area contributed by atoms with Gasteiger partial charge in [0.2, 0.25) is 17.7 Å². The van der Waals surface area contributed by atoms with Gasteiger partial charge in [-0.2, -0.15) is 12.6 Å². The van der Waals surface area contributed by atoms with Crippen LogP contribution in [0.5, 0.6) is 0 Å². The summed E-state index contributed by atoms with van der Waals surface area (Å²) in [6.07, 6.45) is 2.08. The van der Waals surface area contributed by atoms with Crippen molar-refractivity contribution < 1.29 is 48.1 Å². The predicted octanol–water partition coefficient (Wildman–Crippen LogP) is 0.119. The summed E-state index contributed by atoms with van der Waals surface area (Å²) in [5.74, 6) is -6.31. The Balaban J connectivity index is 5.68. The fourth-order valence-electron chi connectivity index (χ4n) is 5.43. The Morgan fingerprint density at radius 2 is 1.41 bits per heavy atom. The first-order valence-electron chi connectivity index (χ1n) is 19.5. The van der Waals surface area contributed by atoms with Crippen molar-refractivity contribution in [2.45, 2.75) is 128 Å². The first-order valence-corrected chi connectivity index (χ1v) is 20.2. The van der Waals surface area contributed by atoms with E-state index in [1.807, 2.05) is 0 Å². The minimum Gasteiger partial charge on any atom is -0.481 e. The number of nitrogens with one attached hydrogen (secondary N) is 3. The van der Waals surface area contributed by atoms with Gasteiger partial charge in [-0.05, 0) is 65.3 Å². The van der Waals surface area contributed by atoms with Crippen LogP contribution in [0.2, 0.25) is 0 Å². The van der Waals surface area contributed by atoms with Gasteiger partial charge in [0.1, 0.15) is 17.6 Å². The predicted molar refractivity (Wildman–Crippen MR) is 216 cm³/mol. The highest BCUT2D eigenvalue weighted by molar-refractivity contribution is 7.80. The average molecular weight is 817 g/mol. The first kappa shape index (κ1) is 52.3. The first-order chi connectivity index (χ1) is 26.6. The van der Waals surface area contributed by atoms with Gasteiger partial charge in [0.25, 0.3) is 0 Å². The number of guanidine groups is 1. The van der Waals surface area contributed by atoms with E-state index in [4.69, 9.17) is 32.4 Å². The molecule has 0 aromatic rings. The number of aliphatic imine (C=N–C) groups is 1. The van der Waals surface area contributed by atoms with Crippen molar-refractivity contribution in [3.8, 4) is 0 Å². The molecule has 0 bridgehead atoms. The molecular weight excluding hydrogens is 749 g/mol. The number of ether oxygens (including phenoxy) is 2. The molecule has 2 unspecified atom stereocenters. The molecule has 3 amide bonds. The summed E-state index contributed by atoms with van der Waals surface area (Å²) < 4.78 is 10.9. The molecule has 0 radical (unpaired) electrons. The molecule has 0 spiro atoms. The van der Waals surface area contributed by atoms with Gasteiger partial charge in [0, 0.05) is 56.5 Å². The molecule has 18 nitrogen and oxygen atoms in total. The molecule has 0 aliphatic rings. The fraction of sp³-hybridized carbons (Fsp3) is 0.784. The van der Waals surface area contributed by atoms with Crippen LogP contribution in [0.3, 0.4) is 0 Å². The highest BCUT2D eigenvalue weighted by Gasteiger charge is 2.32. The largest absolute Gasteiger partial charge is 0.481 e. The van der Waals surface area contributed by atoms with E-state index in [1.54, 1.807) is 6.92 Å². The molecule has 0 heterocycles. The molecule has 12 N–H and O–H groups in total. The molecule has 6 atom stereocenters. The molecule has 0 saturated carbocycles. The monoisotopic (exact) mass is 816 g/mol. The molecule has 322 valence electrons. The van der Waals surface area contributed by atoms with E-state index in [-0.39, 0.29) is 69.5 Å². The highest BCUT2D eigenvalue weighted by Crippen LogP contribution is 2.22. The summed E-state index contributed by atoms with van der Waals surface area (Å²) in [5, 5.41) is 17.5. The molecule has 0 aliphatic heterocycles. The number of aliphatic carboxylic acids is 1. The molecule has 56 heavy (non-hydrogen) atoms. The number of hydrogen-bond donors (Lipinski definition) is 9. The quantitative estimate of drug-likeness (QED) is 0.0178. The Hall–Kier alpha value is -3.65. The number of amides is 3. The van der Waals surface area contributed by atoms with E-state index >= 15 is 0 Å². The van der Waals surface area contributed by atoms with E-state index < -0.39 is 78.1 Å². The number of Topliss-reactive ketones (excluding diaryl/α,β-unsaturated/α-hetero) is 3. The van der Waals surface area contributed by atoms with E-state index in [0.717, 1.165) is 12.8 Å². The Bertz CT molecular complexity index is 1250. The third-order valence-electron chi connectivity index (χ3n) is 8.82. The lowest BCUT2D eigenvalue weighted by Gasteiger charge is -2.23. The van der Waals surface area contributed by atoms with Gasteiger partial charge in [0.15, 0.2) is 11.7 Å². The standard InChI is InChI=1S/C37H68N8O10S/c1-4-5-16-54-18-19-55-17-13-28(46)20-26(9-8-15-42-37(40)41)32(48)21-27(22-33(49)50)35(52)45-30(10-6-7-14-38)31(47)12-11-29(39)36(53)44-25(3)34(51)43-24(2)23-56/h24-27,29-30,56H,4-23,38-39H2,1-3H3,(H,43,51)(H,44,53)(H,45,52)(H,49,50)(H4,40,41,42)/t24-,25+,26?,27+,29+,30?/m1/s1. The molecule has 0 aromatic heterocycles. The number of nitrogens with zero attached hydrogens (tertiary/aromatic N) is 1. The second-order valence-electron chi connectivity index (χ2n) is 14.0. The number of ketones is 3. The SMILES string of the molecule is CCCCOCCOCCC(=O)CC(CCCN=C(N)N)C(=O)C[C@@H](CC(=O)O)C(=O)NC(CCCCN)C(=O)CC[C@H](N)C(=O)N[C@@H](C)C(=O)N[C@H](C)CS. The van der Waals surface area contributed by atoms with Crippen LogP contribution in [-0.4, -0.2) is 122 Å². The van der Waals surface area contributed by atoms with E-state index in [0.29, 0.717) is 51.4 Å². The lowest BCUT2D eigenvalue weighted by Crippen LogP contribution is -2.52. The Morgan fingerprint density at radius 3 is 2.02 bits per heavy atom. The van der Waals surface area contributed by atoms with Crippen LogP contribution in [0.1, 0.15) is 104 Å². The van der Waals surface area contributed by atoms with Crippen molar-refractivity contribution >= 4 is 59.6 Å². The van der Waals surface area contributed by atoms with Crippen LogP contribution in [0.25, 0.3) is 0 Å². The zero-order chi connectivity index (χ0) is 42.5. The van der Waals surface area contributed by atoms with E-state index in [1.165, 1.54) is 6.92 Å². The molecular formula is C37H68N8O10S. The fourth-order valence-corrected chi connectivity index (χ4v) is 5.52. The van der Waals surface area contributed by atoms with Gasteiger partial charge in [-0.1, -0.05) is 13.3 Å². The topological polar surface area (TPSA) is 311 Å². The van der Waals surface area contributed by atoms with Crippen LogP contribution in [-0.2, 0) is 43.0 Å². The number of hydrogen-bond acceptors (Lipinski definition) is 13. The number of carboxylic acids is 1. The third-order valence-corrected chi connectivity index (χ3v) is 9.37. The number of carbonyl (C=O) groups excluding carboxylic acids is 6. The third kappa shape index (κ3) is 25.5. The molecule has 19 heteroatoms. The molecule has 0 rings (SSSR count). The summed E-state index contributed by atoms with van der Waals surface area (Å²) in [6, 6.07) is -3.32. The van der Waals surface area contributed by atoms with Crippen LogP contribution >= 0.6 is 12.6 Å². The van der Waals surface area contributed by atoms with Gasteiger partial charge < -0.3 is 53.5 Å². The lowest BCUT2D eigenvalue weighted by molar-refractivity contribution is -0.142. The van der Waals surface area contributed by atoms with Gasteiger partial charge in [0.05, 0.1) is 44.2 Å². The molecule has 0 saturated heterocycles.